The lowest BCUT2D eigenvalue weighted by Crippen LogP contribution is -2.27. The van der Waals surface area contributed by atoms with E-state index in [4.69, 9.17) is 11.6 Å². The average molecular weight is 278 g/mol. The number of rotatable bonds is 5. The van der Waals surface area contributed by atoms with Crippen LogP contribution in [0.25, 0.3) is 0 Å². The van der Waals surface area contributed by atoms with Gasteiger partial charge in [-0.2, -0.15) is 5.10 Å². The highest BCUT2D eigenvalue weighted by Crippen LogP contribution is 2.11. The minimum absolute atomic E-state index is 0.417. The summed E-state index contributed by atoms with van der Waals surface area (Å²) in [4.78, 5) is 0. The molecule has 4 heteroatoms. The van der Waals surface area contributed by atoms with Gasteiger partial charge in [-0.25, -0.2) is 0 Å². The summed E-state index contributed by atoms with van der Waals surface area (Å²) in [5, 5.41) is 8.66. The van der Waals surface area contributed by atoms with E-state index in [1.165, 1.54) is 11.1 Å². The van der Waals surface area contributed by atoms with Gasteiger partial charge in [0.1, 0.15) is 0 Å². The third kappa shape index (κ3) is 4.08. The summed E-state index contributed by atoms with van der Waals surface area (Å²) < 4.78 is 1.86. The van der Waals surface area contributed by atoms with Gasteiger partial charge in [0.25, 0.3) is 0 Å². The van der Waals surface area contributed by atoms with Gasteiger partial charge >= 0.3 is 0 Å². The second-order valence-corrected chi connectivity index (χ2v) is 5.46. The molecule has 1 heterocycles. The van der Waals surface area contributed by atoms with E-state index in [1.54, 1.807) is 0 Å². The first-order valence-electron chi connectivity index (χ1n) is 6.51. The fourth-order valence-corrected chi connectivity index (χ4v) is 2.28. The van der Waals surface area contributed by atoms with Gasteiger partial charge in [0.2, 0.25) is 0 Å². The molecule has 102 valence electrons. The Morgan fingerprint density at radius 2 is 2.00 bits per heavy atom. The summed E-state index contributed by atoms with van der Waals surface area (Å²) in [6.07, 6.45) is 3.06. The Hall–Kier alpha value is -1.32. The van der Waals surface area contributed by atoms with Crippen molar-refractivity contribution in [1.29, 1.82) is 0 Å². The molecule has 2 aromatic rings. The molecule has 19 heavy (non-hydrogen) atoms. The lowest BCUT2D eigenvalue weighted by molar-refractivity contribution is 0.544. The number of aromatic nitrogens is 2. The van der Waals surface area contributed by atoms with Gasteiger partial charge in [-0.15, -0.1) is 0 Å². The molecule has 1 unspecified atom stereocenters. The van der Waals surface area contributed by atoms with Crippen LogP contribution in [0.4, 0.5) is 0 Å². The SMILES string of the molecule is Cc1nn(C)cc1CNC(C)Cc1ccc(Cl)cc1. The minimum atomic E-state index is 0.417. The quantitative estimate of drug-likeness (QED) is 0.910. The van der Waals surface area contributed by atoms with Crippen LogP contribution in [0.5, 0.6) is 0 Å². The maximum Gasteiger partial charge on any atom is 0.0638 e. The Morgan fingerprint density at radius 3 is 2.58 bits per heavy atom. The third-order valence-corrected chi connectivity index (χ3v) is 3.46. The zero-order valence-corrected chi connectivity index (χ0v) is 12.4. The molecule has 0 saturated carbocycles. The summed E-state index contributed by atoms with van der Waals surface area (Å²) in [7, 11) is 1.95. The Kier molecular flexibility index (Phi) is 4.61. The third-order valence-electron chi connectivity index (χ3n) is 3.21. The van der Waals surface area contributed by atoms with Crippen molar-refractivity contribution < 1.29 is 0 Å². The molecule has 0 bridgehead atoms. The molecule has 0 saturated heterocycles. The van der Waals surface area contributed by atoms with E-state index in [1.807, 2.05) is 30.8 Å². The van der Waals surface area contributed by atoms with E-state index in [9.17, 15) is 0 Å². The number of benzene rings is 1. The van der Waals surface area contributed by atoms with E-state index in [0.717, 1.165) is 23.7 Å². The van der Waals surface area contributed by atoms with Crippen molar-refractivity contribution in [3.8, 4) is 0 Å². The highest BCUT2D eigenvalue weighted by Gasteiger charge is 2.06. The lowest BCUT2D eigenvalue weighted by atomic mass is 10.1. The van der Waals surface area contributed by atoms with Crippen LogP contribution in [0.3, 0.4) is 0 Å². The first-order chi connectivity index (χ1) is 9.04. The number of hydrogen-bond acceptors (Lipinski definition) is 2. The average Bonchev–Trinajstić information content (AvgIpc) is 2.68. The predicted molar refractivity (Wildman–Crippen MR) is 79.4 cm³/mol. The van der Waals surface area contributed by atoms with Crippen molar-refractivity contribution in [2.45, 2.75) is 32.9 Å². The Labute approximate surface area is 119 Å². The molecular formula is C15H20ClN3. The van der Waals surface area contributed by atoms with Crippen LogP contribution >= 0.6 is 11.6 Å². The zero-order chi connectivity index (χ0) is 13.8. The first-order valence-corrected chi connectivity index (χ1v) is 6.89. The van der Waals surface area contributed by atoms with Crippen molar-refractivity contribution in [2.24, 2.45) is 7.05 Å². The molecule has 1 N–H and O–H groups in total. The van der Waals surface area contributed by atoms with E-state index in [0.29, 0.717) is 6.04 Å². The molecule has 1 aromatic heterocycles. The molecule has 1 atom stereocenters. The van der Waals surface area contributed by atoms with Gasteiger partial charge < -0.3 is 5.32 Å². The van der Waals surface area contributed by atoms with Crippen LogP contribution in [0, 0.1) is 6.92 Å². The van der Waals surface area contributed by atoms with Gasteiger partial charge in [0.15, 0.2) is 0 Å². The molecule has 1 aromatic carbocycles. The second-order valence-electron chi connectivity index (χ2n) is 5.03. The van der Waals surface area contributed by atoms with Crippen LogP contribution < -0.4 is 5.32 Å². The fourth-order valence-electron chi connectivity index (χ4n) is 2.15. The van der Waals surface area contributed by atoms with E-state index in [-0.39, 0.29) is 0 Å². The van der Waals surface area contributed by atoms with Crippen molar-refractivity contribution in [3.63, 3.8) is 0 Å². The number of aryl methyl sites for hydroxylation is 2. The van der Waals surface area contributed by atoms with Gasteiger partial charge in [-0.3, -0.25) is 4.68 Å². The molecule has 3 nitrogen and oxygen atoms in total. The number of hydrogen-bond donors (Lipinski definition) is 1. The van der Waals surface area contributed by atoms with Gasteiger partial charge in [-0.1, -0.05) is 23.7 Å². The molecule has 0 aliphatic carbocycles. The smallest absolute Gasteiger partial charge is 0.0638 e. The van der Waals surface area contributed by atoms with Crippen LogP contribution in [-0.2, 0) is 20.0 Å². The van der Waals surface area contributed by atoms with E-state index >= 15 is 0 Å². The van der Waals surface area contributed by atoms with Crippen molar-refractivity contribution >= 4 is 11.6 Å². The second kappa shape index (κ2) is 6.22. The highest BCUT2D eigenvalue weighted by atomic mass is 35.5. The maximum atomic E-state index is 5.88. The Bertz CT molecular complexity index is 531. The molecule has 0 aliphatic rings. The topological polar surface area (TPSA) is 29.9 Å². The van der Waals surface area contributed by atoms with Crippen LogP contribution in [0.15, 0.2) is 30.5 Å². The lowest BCUT2D eigenvalue weighted by Gasteiger charge is -2.13. The van der Waals surface area contributed by atoms with E-state index in [2.05, 4.69) is 35.7 Å². The predicted octanol–water partition coefficient (Wildman–Crippen LogP) is 3.10. The Balaban J connectivity index is 1.86. The van der Waals surface area contributed by atoms with Gasteiger partial charge in [0, 0.05) is 36.4 Å². The molecule has 0 spiro atoms. The van der Waals surface area contributed by atoms with E-state index < -0.39 is 0 Å². The monoisotopic (exact) mass is 277 g/mol. The summed E-state index contributed by atoms with van der Waals surface area (Å²) in [5.41, 5.74) is 3.64. The summed E-state index contributed by atoms with van der Waals surface area (Å²) in [6, 6.07) is 8.45. The molecule has 0 amide bonds. The maximum absolute atomic E-state index is 5.88. The number of nitrogens with zero attached hydrogens (tertiary/aromatic N) is 2. The molecule has 2 rings (SSSR count). The number of nitrogens with one attached hydrogen (secondary N) is 1. The molecule has 0 fully saturated rings. The van der Waals surface area contributed by atoms with Crippen molar-refractivity contribution in [3.05, 3.63) is 52.3 Å². The first kappa shape index (κ1) is 14.1. The van der Waals surface area contributed by atoms with Gasteiger partial charge in [-0.05, 0) is 38.0 Å². The highest BCUT2D eigenvalue weighted by molar-refractivity contribution is 6.30. The molecule has 0 aliphatic heterocycles. The largest absolute Gasteiger partial charge is 0.310 e. The van der Waals surface area contributed by atoms with Crippen LogP contribution in [0.2, 0.25) is 5.02 Å². The summed E-state index contributed by atoms with van der Waals surface area (Å²) in [5.74, 6) is 0. The zero-order valence-electron chi connectivity index (χ0n) is 11.7. The summed E-state index contributed by atoms with van der Waals surface area (Å²) >= 11 is 5.88. The molecular weight excluding hydrogens is 258 g/mol. The van der Waals surface area contributed by atoms with Gasteiger partial charge in [0.05, 0.1) is 5.69 Å². The standard InChI is InChI=1S/C15H20ClN3/c1-11(8-13-4-6-15(16)7-5-13)17-9-14-10-19(3)18-12(14)2/h4-7,10-11,17H,8-9H2,1-3H3. The summed E-state index contributed by atoms with van der Waals surface area (Å²) in [6.45, 7) is 5.09. The number of halogens is 1. The Morgan fingerprint density at radius 1 is 1.32 bits per heavy atom. The van der Waals surface area contributed by atoms with Crippen molar-refractivity contribution in [1.82, 2.24) is 15.1 Å². The fraction of sp³-hybridized carbons (Fsp3) is 0.400. The minimum Gasteiger partial charge on any atom is -0.310 e. The van der Waals surface area contributed by atoms with Crippen LogP contribution in [0.1, 0.15) is 23.7 Å². The van der Waals surface area contributed by atoms with Crippen LogP contribution in [-0.4, -0.2) is 15.8 Å². The molecule has 0 radical (unpaired) electrons. The normalized spacial score (nSPS) is 12.6. The van der Waals surface area contributed by atoms with Crippen molar-refractivity contribution in [2.75, 3.05) is 0 Å².